The van der Waals surface area contributed by atoms with E-state index < -0.39 is 24.5 Å². The van der Waals surface area contributed by atoms with Gasteiger partial charge in [0.25, 0.3) is 5.91 Å². The lowest BCUT2D eigenvalue weighted by molar-refractivity contribution is -0.143. The van der Waals surface area contributed by atoms with Crippen LogP contribution in [0.5, 0.6) is 0 Å². The fourth-order valence-electron chi connectivity index (χ4n) is 2.29. The Morgan fingerprint density at radius 3 is 2.57 bits per heavy atom. The fraction of sp³-hybridized carbons (Fsp3) is 0.300. The van der Waals surface area contributed by atoms with Crippen LogP contribution in [0.3, 0.4) is 0 Å². The van der Waals surface area contributed by atoms with E-state index in [9.17, 15) is 18.8 Å². The molecule has 1 aromatic carbocycles. The summed E-state index contributed by atoms with van der Waals surface area (Å²) in [7, 11) is 0. The Hall–Kier alpha value is -3.20. The number of ether oxygens (including phenoxy) is 1. The summed E-state index contributed by atoms with van der Waals surface area (Å²) in [5.41, 5.74) is 1.56. The second kappa shape index (κ2) is 10.5. The molecule has 0 aliphatic heterocycles. The number of nitrogens with one attached hydrogen (secondary N) is 2. The molecule has 30 heavy (non-hydrogen) atoms. The molecular weight excluding hydrogens is 415 g/mol. The van der Waals surface area contributed by atoms with Gasteiger partial charge in [-0.2, -0.15) is 5.10 Å². The third-order valence-corrected chi connectivity index (χ3v) is 4.14. The van der Waals surface area contributed by atoms with Gasteiger partial charge in [-0.1, -0.05) is 25.4 Å². The molecule has 0 saturated heterocycles. The zero-order valence-corrected chi connectivity index (χ0v) is 17.5. The van der Waals surface area contributed by atoms with Crippen LogP contribution in [0.15, 0.2) is 30.3 Å². The van der Waals surface area contributed by atoms with Crippen molar-refractivity contribution in [1.82, 2.24) is 20.4 Å². The number of imide groups is 1. The minimum Gasteiger partial charge on any atom is -0.452 e. The summed E-state index contributed by atoms with van der Waals surface area (Å²) < 4.78 is 19.3. The van der Waals surface area contributed by atoms with E-state index in [1.165, 1.54) is 35.0 Å². The first-order valence-electron chi connectivity index (χ1n) is 9.11. The van der Waals surface area contributed by atoms with Gasteiger partial charge in [0.2, 0.25) is 0 Å². The third kappa shape index (κ3) is 6.70. The van der Waals surface area contributed by atoms with Gasteiger partial charge < -0.3 is 10.1 Å². The van der Waals surface area contributed by atoms with Crippen LogP contribution in [0.25, 0.3) is 11.8 Å². The zero-order chi connectivity index (χ0) is 22.3. The highest BCUT2D eigenvalue weighted by Gasteiger charge is 2.14. The molecule has 2 rings (SSSR count). The molecule has 0 bridgehead atoms. The summed E-state index contributed by atoms with van der Waals surface area (Å²) in [6.45, 7) is 5.31. The van der Waals surface area contributed by atoms with E-state index in [-0.39, 0.29) is 16.9 Å². The molecule has 2 aromatic rings. The van der Waals surface area contributed by atoms with Crippen molar-refractivity contribution in [3.8, 4) is 5.69 Å². The molecule has 1 aromatic heterocycles. The Bertz CT molecular complexity index is 954. The average molecular weight is 437 g/mol. The first-order valence-corrected chi connectivity index (χ1v) is 9.48. The van der Waals surface area contributed by atoms with E-state index in [1.807, 2.05) is 13.8 Å². The number of amides is 3. The highest BCUT2D eigenvalue weighted by molar-refractivity contribution is 6.31. The van der Waals surface area contributed by atoms with Gasteiger partial charge in [-0.05, 0) is 43.2 Å². The van der Waals surface area contributed by atoms with E-state index in [2.05, 4.69) is 15.7 Å². The van der Waals surface area contributed by atoms with Crippen molar-refractivity contribution in [2.75, 3.05) is 13.2 Å². The lowest BCUT2D eigenvalue weighted by Crippen LogP contribution is -2.42. The van der Waals surface area contributed by atoms with Gasteiger partial charge in [-0.15, -0.1) is 0 Å². The highest BCUT2D eigenvalue weighted by Crippen LogP contribution is 2.24. The standard InChI is InChI=1S/C20H22ClFN4O4/c1-12(2)10-23-20(29)24-17(27)11-30-18(28)9-8-16-13(3)25-26(19(16)21)15-6-4-14(22)5-7-15/h4-9,12H,10-11H2,1-3H3,(H2,23,24,27,29). The van der Waals surface area contributed by atoms with Crippen LogP contribution in [0.2, 0.25) is 5.15 Å². The summed E-state index contributed by atoms with van der Waals surface area (Å²) in [6.07, 6.45) is 2.50. The number of aryl methyl sites for hydroxylation is 1. The number of halogens is 2. The minimum absolute atomic E-state index is 0.225. The van der Waals surface area contributed by atoms with Gasteiger partial charge in [0.15, 0.2) is 6.61 Å². The number of urea groups is 1. The number of benzene rings is 1. The lowest BCUT2D eigenvalue weighted by atomic mass is 10.2. The van der Waals surface area contributed by atoms with Crippen molar-refractivity contribution in [3.63, 3.8) is 0 Å². The first-order chi connectivity index (χ1) is 14.2. The molecule has 1 heterocycles. The first kappa shape index (κ1) is 23.1. The maximum absolute atomic E-state index is 13.1. The SMILES string of the molecule is Cc1nn(-c2ccc(F)cc2)c(Cl)c1C=CC(=O)OCC(=O)NC(=O)NCC(C)C. The predicted molar refractivity (Wildman–Crippen MR) is 110 cm³/mol. The molecule has 0 aliphatic rings. The van der Waals surface area contributed by atoms with E-state index >= 15 is 0 Å². The minimum atomic E-state index is -0.794. The van der Waals surface area contributed by atoms with Crippen LogP contribution >= 0.6 is 11.6 Å². The van der Waals surface area contributed by atoms with Gasteiger partial charge in [-0.25, -0.2) is 18.7 Å². The Balaban J connectivity index is 1.93. The molecule has 160 valence electrons. The monoisotopic (exact) mass is 436 g/mol. The predicted octanol–water partition coefficient (Wildman–Crippen LogP) is 3.01. The van der Waals surface area contributed by atoms with Gasteiger partial charge in [0.1, 0.15) is 11.0 Å². The summed E-state index contributed by atoms with van der Waals surface area (Å²) in [4.78, 5) is 35.0. The van der Waals surface area contributed by atoms with Crippen LogP contribution in [-0.2, 0) is 14.3 Å². The molecule has 2 N–H and O–H groups in total. The van der Waals surface area contributed by atoms with Crippen LogP contribution < -0.4 is 10.6 Å². The smallest absolute Gasteiger partial charge is 0.331 e. The van der Waals surface area contributed by atoms with E-state index in [1.54, 1.807) is 6.92 Å². The zero-order valence-electron chi connectivity index (χ0n) is 16.7. The summed E-state index contributed by atoms with van der Waals surface area (Å²) >= 11 is 6.32. The van der Waals surface area contributed by atoms with Gasteiger partial charge in [0.05, 0.1) is 11.4 Å². The number of aromatic nitrogens is 2. The van der Waals surface area contributed by atoms with Gasteiger partial charge in [0, 0.05) is 18.2 Å². The van der Waals surface area contributed by atoms with Crippen molar-refractivity contribution in [2.45, 2.75) is 20.8 Å². The second-order valence-corrected chi connectivity index (χ2v) is 7.13. The number of carbonyl (C=O) groups excluding carboxylic acids is 3. The number of carbonyl (C=O) groups is 3. The third-order valence-electron chi connectivity index (χ3n) is 3.77. The van der Waals surface area contributed by atoms with E-state index in [0.29, 0.717) is 23.5 Å². The number of esters is 1. The maximum atomic E-state index is 13.1. The van der Waals surface area contributed by atoms with Gasteiger partial charge in [-0.3, -0.25) is 10.1 Å². The molecule has 10 heteroatoms. The lowest BCUT2D eigenvalue weighted by Gasteiger charge is -2.08. The molecule has 3 amide bonds. The Morgan fingerprint density at radius 2 is 1.93 bits per heavy atom. The Morgan fingerprint density at radius 1 is 1.27 bits per heavy atom. The molecule has 0 radical (unpaired) electrons. The average Bonchev–Trinajstić information content (AvgIpc) is 2.97. The molecule has 0 unspecified atom stereocenters. The van der Waals surface area contributed by atoms with Gasteiger partial charge >= 0.3 is 12.0 Å². The molecule has 8 nitrogen and oxygen atoms in total. The van der Waals surface area contributed by atoms with Crippen molar-refractivity contribution in [3.05, 3.63) is 52.6 Å². The van der Waals surface area contributed by atoms with Crippen LogP contribution in [-0.4, -0.2) is 40.8 Å². The normalized spacial score (nSPS) is 11.0. The summed E-state index contributed by atoms with van der Waals surface area (Å²) in [5.74, 6) is -1.70. The van der Waals surface area contributed by atoms with Crippen LogP contribution in [0.1, 0.15) is 25.1 Å². The van der Waals surface area contributed by atoms with Crippen molar-refractivity contribution < 1.29 is 23.5 Å². The number of rotatable bonds is 7. The van der Waals surface area contributed by atoms with Crippen LogP contribution in [0.4, 0.5) is 9.18 Å². The van der Waals surface area contributed by atoms with E-state index in [4.69, 9.17) is 16.3 Å². The van der Waals surface area contributed by atoms with Crippen molar-refractivity contribution in [2.24, 2.45) is 5.92 Å². The number of hydrogen-bond donors (Lipinski definition) is 2. The largest absolute Gasteiger partial charge is 0.452 e. The molecule has 0 fully saturated rings. The quantitative estimate of drug-likeness (QED) is 0.513. The van der Waals surface area contributed by atoms with E-state index in [0.717, 1.165) is 6.08 Å². The van der Waals surface area contributed by atoms with Crippen LogP contribution in [0, 0.1) is 18.7 Å². The fourth-order valence-corrected chi connectivity index (χ4v) is 2.63. The number of nitrogens with zero attached hydrogens (tertiary/aromatic N) is 2. The summed E-state index contributed by atoms with van der Waals surface area (Å²) in [6, 6.07) is 4.94. The number of hydrogen-bond acceptors (Lipinski definition) is 5. The molecule has 0 spiro atoms. The molecule has 0 aliphatic carbocycles. The maximum Gasteiger partial charge on any atom is 0.331 e. The molecule has 0 saturated carbocycles. The molecular formula is C20H22ClFN4O4. The Kier molecular flexibility index (Phi) is 8.11. The van der Waals surface area contributed by atoms with Crippen molar-refractivity contribution in [1.29, 1.82) is 0 Å². The Labute approximate surface area is 178 Å². The second-order valence-electron chi connectivity index (χ2n) is 6.77. The summed E-state index contributed by atoms with van der Waals surface area (Å²) in [5, 5.41) is 9.06. The van der Waals surface area contributed by atoms with Crippen molar-refractivity contribution >= 4 is 35.6 Å². The topological polar surface area (TPSA) is 102 Å². The highest BCUT2D eigenvalue weighted by atomic mass is 35.5. The molecule has 0 atom stereocenters.